The van der Waals surface area contributed by atoms with Crippen molar-refractivity contribution in [3.05, 3.63) is 52.5 Å². The van der Waals surface area contributed by atoms with Crippen LogP contribution >= 0.6 is 11.6 Å². The molecule has 0 heterocycles. The first-order valence-electron chi connectivity index (χ1n) is 9.54. The molecule has 168 valence electrons. The van der Waals surface area contributed by atoms with Gasteiger partial charge in [0.05, 0.1) is 16.9 Å². The van der Waals surface area contributed by atoms with E-state index in [2.05, 4.69) is 5.32 Å². The molecule has 2 aromatic carbocycles. The van der Waals surface area contributed by atoms with E-state index in [-0.39, 0.29) is 32.4 Å². The second-order valence-electron chi connectivity index (χ2n) is 6.68. The van der Waals surface area contributed by atoms with Gasteiger partial charge in [0.1, 0.15) is 4.90 Å². The Balaban J connectivity index is 2.39. The number of aromatic carboxylic acids is 1. The van der Waals surface area contributed by atoms with Gasteiger partial charge in [0.2, 0.25) is 10.0 Å². The number of carboxylic acids is 1. The topological polar surface area (TPSA) is 136 Å². The fourth-order valence-electron chi connectivity index (χ4n) is 2.97. The van der Waals surface area contributed by atoms with Crippen LogP contribution in [-0.2, 0) is 10.0 Å². The highest BCUT2D eigenvalue weighted by molar-refractivity contribution is 7.89. The monoisotopic (exact) mass is 469 g/mol. The summed E-state index contributed by atoms with van der Waals surface area (Å²) in [6, 6.07) is 7.66. The van der Waals surface area contributed by atoms with Crippen LogP contribution in [-0.4, -0.2) is 48.0 Å². The molecule has 0 aliphatic rings. The Bertz CT molecular complexity index is 1070. The van der Waals surface area contributed by atoms with Crippen molar-refractivity contribution in [1.82, 2.24) is 4.31 Å². The van der Waals surface area contributed by atoms with Crippen molar-refractivity contribution in [3.8, 4) is 0 Å². The number of carbonyl (C=O) groups excluding carboxylic acids is 1. The van der Waals surface area contributed by atoms with E-state index in [0.717, 1.165) is 0 Å². The molecule has 0 bridgehead atoms. The van der Waals surface area contributed by atoms with Gasteiger partial charge in [0.25, 0.3) is 5.91 Å². The molecule has 0 saturated carbocycles. The fourth-order valence-corrected chi connectivity index (χ4v) is 4.89. The van der Waals surface area contributed by atoms with E-state index in [4.69, 9.17) is 11.6 Å². The first-order chi connectivity index (χ1) is 14.6. The molecule has 0 radical (unpaired) electrons. The largest absolute Gasteiger partial charge is 0.478 e. The molecule has 0 spiro atoms. The van der Waals surface area contributed by atoms with Crippen LogP contribution in [0.25, 0.3) is 0 Å². The Kier molecular flexibility index (Phi) is 8.40. The van der Waals surface area contributed by atoms with E-state index >= 15 is 0 Å². The van der Waals surface area contributed by atoms with Crippen molar-refractivity contribution in [2.24, 2.45) is 0 Å². The van der Waals surface area contributed by atoms with Gasteiger partial charge >= 0.3 is 5.97 Å². The summed E-state index contributed by atoms with van der Waals surface area (Å²) in [6.45, 7) is 4.35. The van der Waals surface area contributed by atoms with E-state index in [0.29, 0.717) is 25.9 Å². The van der Waals surface area contributed by atoms with E-state index in [9.17, 15) is 28.3 Å². The fraction of sp³-hybridized carbons (Fsp3) is 0.300. The standard InChI is InChI=1S/C20H24ClN3O6S/c1-3-9-24(10-4-2)31(29,30)18-8-5-13(11-17(18)23-28)19(25)22-16-7-6-14(21)12-15(16)20(26)27/h5-8,11-12,23,28H,3-4,9-10H2,1-2H3,(H,22,25)(H,26,27). The van der Waals surface area contributed by atoms with Gasteiger partial charge in [0, 0.05) is 23.7 Å². The quantitative estimate of drug-likeness (QED) is 0.387. The Labute approximate surface area is 185 Å². The number of halogens is 1. The molecule has 31 heavy (non-hydrogen) atoms. The summed E-state index contributed by atoms with van der Waals surface area (Å²) in [4.78, 5) is 23.9. The van der Waals surface area contributed by atoms with Crippen LogP contribution < -0.4 is 10.8 Å². The van der Waals surface area contributed by atoms with Crippen LogP contribution in [0.3, 0.4) is 0 Å². The summed E-state index contributed by atoms with van der Waals surface area (Å²) in [5.41, 5.74) is 1.51. The average molecular weight is 470 g/mol. The second-order valence-corrected chi connectivity index (χ2v) is 9.02. The number of carbonyl (C=O) groups is 2. The molecule has 9 nitrogen and oxygen atoms in total. The maximum absolute atomic E-state index is 13.0. The van der Waals surface area contributed by atoms with Crippen LogP contribution in [0, 0.1) is 0 Å². The molecule has 0 saturated heterocycles. The zero-order chi connectivity index (χ0) is 23.2. The minimum atomic E-state index is -3.91. The van der Waals surface area contributed by atoms with E-state index in [1.54, 1.807) is 0 Å². The van der Waals surface area contributed by atoms with Crippen molar-refractivity contribution >= 4 is 44.9 Å². The van der Waals surface area contributed by atoms with Crippen molar-refractivity contribution in [2.75, 3.05) is 23.9 Å². The number of anilines is 2. The van der Waals surface area contributed by atoms with Crippen LogP contribution in [0.5, 0.6) is 0 Å². The summed E-state index contributed by atoms with van der Waals surface area (Å²) in [5, 5.41) is 21.5. The zero-order valence-electron chi connectivity index (χ0n) is 17.1. The Morgan fingerprint density at radius 2 is 1.68 bits per heavy atom. The van der Waals surface area contributed by atoms with Gasteiger partial charge in [-0.05, 0) is 49.2 Å². The lowest BCUT2D eigenvalue weighted by Crippen LogP contribution is -2.33. The smallest absolute Gasteiger partial charge is 0.337 e. The van der Waals surface area contributed by atoms with Crippen molar-refractivity contribution in [2.45, 2.75) is 31.6 Å². The summed E-state index contributed by atoms with van der Waals surface area (Å²) in [7, 11) is -3.91. The number of carboxylic acid groups (broad SMARTS) is 1. The molecule has 2 aromatic rings. The Hall–Kier alpha value is -2.66. The van der Waals surface area contributed by atoms with Gasteiger partial charge in [0.15, 0.2) is 0 Å². The molecule has 11 heteroatoms. The lowest BCUT2D eigenvalue weighted by molar-refractivity contribution is 0.0698. The third-order valence-corrected chi connectivity index (χ3v) is 6.58. The number of amides is 1. The number of hydrogen-bond acceptors (Lipinski definition) is 6. The van der Waals surface area contributed by atoms with E-state index in [1.165, 1.54) is 40.7 Å². The van der Waals surface area contributed by atoms with Crippen LogP contribution in [0.1, 0.15) is 47.4 Å². The lowest BCUT2D eigenvalue weighted by atomic mass is 10.1. The number of sulfonamides is 1. The molecule has 0 atom stereocenters. The number of rotatable bonds is 10. The number of hydrogen-bond donors (Lipinski definition) is 4. The van der Waals surface area contributed by atoms with E-state index < -0.39 is 21.9 Å². The molecular weight excluding hydrogens is 446 g/mol. The normalized spacial score (nSPS) is 11.4. The highest BCUT2D eigenvalue weighted by Crippen LogP contribution is 2.27. The van der Waals surface area contributed by atoms with Crippen molar-refractivity contribution in [1.29, 1.82) is 0 Å². The number of nitrogens with zero attached hydrogens (tertiary/aromatic N) is 1. The van der Waals surface area contributed by atoms with Crippen LogP contribution in [0.15, 0.2) is 41.3 Å². The van der Waals surface area contributed by atoms with Crippen molar-refractivity contribution in [3.63, 3.8) is 0 Å². The minimum Gasteiger partial charge on any atom is -0.478 e. The number of benzene rings is 2. The number of nitrogens with one attached hydrogen (secondary N) is 2. The highest BCUT2D eigenvalue weighted by Gasteiger charge is 2.27. The van der Waals surface area contributed by atoms with Gasteiger partial charge in [-0.1, -0.05) is 25.4 Å². The second kappa shape index (κ2) is 10.6. The third-order valence-electron chi connectivity index (χ3n) is 4.39. The lowest BCUT2D eigenvalue weighted by Gasteiger charge is -2.22. The molecule has 0 unspecified atom stereocenters. The minimum absolute atomic E-state index is 0.0133. The summed E-state index contributed by atoms with van der Waals surface area (Å²) in [5.74, 6) is -1.96. The zero-order valence-corrected chi connectivity index (χ0v) is 18.6. The summed E-state index contributed by atoms with van der Waals surface area (Å²) >= 11 is 5.81. The van der Waals surface area contributed by atoms with Crippen LogP contribution in [0.4, 0.5) is 11.4 Å². The molecule has 1 amide bonds. The maximum atomic E-state index is 13.0. The highest BCUT2D eigenvalue weighted by atomic mass is 35.5. The first-order valence-corrected chi connectivity index (χ1v) is 11.4. The van der Waals surface area contributed by atoms with Gasteiger partial charge in [-0.3, -0.25) is 15.5 Å². The van der Waals surface area contributed by atoms with Crippen LogP contribution in [0.2, 0.25) is 5.02 Å². The Morgan fingerprint density at radius 1 is 1.03 bits per heavy atom. The molecule has 0 aliphatic carbocycles. The predicted octanol–water partition coefficient (Wildman–Crippen LogP) is 3.90. The molecule has 4 N–H and O–H groups in total. The maximum Gasteiger partial charge on any atom is 0.337 e. The molecular formula is C20H24ClN3O6S. The molecule has 0 fully saturated rings. The van der Waals surface area contributed by atoms with E-state index in [1.807, 2.05) is 19.3 Å². The molecule has 2 rings (SSSR count). The average Bonchev–Trinajstić information content (AvgIpc) is 2.74. The summed E-state index contributed by atoms with van der Waals surface area (Å²) < 4.78 is 27.3. The molecule has 0 aliphatic heterocycles. The SMILES string of the molecule is CCCN(CCC)S(=O)(=O)c1ccc(C(=O)Nc2ccc(Cl)cc2C(=O)O)cc1NO. The van der Waals surface area contributed by atoms with Crippen molar-refractivity contribution < 1.29 is 28.3 Å². The van der Waals surface area contributed by atoms with Gasteiger partial charge in [-0.25, -0.2) is 13.2 Å². The predicted molar refractivity (Wildman–Crippen MR) is 118 cm³/mol. The Morgan fingerprint density at radius 3 is 2.23 bits per heavy atom. The van der Waals surface area contributed by atoms with Gasteiger partial charge in [-0.2, -0.15) is 4.31 Å². The summed E-state index contributed by atoms with van der Waals surface area (Å²) in [6.07, 6.45) is 1.24. The van der Waals surface area contributed by atoms with Gasteiger partial charge < -0.3 is 10.4 Å². The van der Waals surface area contributed by atoms with Gasteiger partial charge in [-0.15, -0.1) is 0 Å². The first kappa shape index (κ1) is 24.6. The molecule has 0 aromatic heterocycles. The third kappa shape index (κ3) is 5.73.